The quantitative estimate of drug-likeness (QED) is 0.749. The minimum atomic E-state index is -4.89. The van der Waals surface area contributed by atoms with Gasteiger partial charge in [0.15, 0.2) is 0 Å². The zero-order valence-corrected chi connectivity index (χ0v) is 11.5. The zero-order valence-electron chi connectivity index (χ0n) is 11.5. The third-order valence-corrected chi connectivity index (χ3v) is 3.48. The van der Waals surface area contributed by atoms with E-state index in [9.17, 15) is 22.8 Å². The number of esters is 1. The van der Waals surface area contributed by atoms with Gasteiger partial charge in [-0.2, -0.15) is 13.2 Å². The highest BCUT2D eigenvalue weighted by molar-refractivity contribution is 5.89. The molecule has 1 atom stereocenters. The van der Waals surface area contributed by atoms with E-state index in [0.29, 0.717) is 5.56 Å². The summed E-state index contributed by atoms with van der Waals surface area (Å²) in [5.74, 6) is -2.65. The molecule has 0 radical (unpaired) electrons. The molecule has 114 valence electrons. The van der Waals surface area contributed by atoms with E-state index in [2.05, 4.69) is 4.74 Å². The van der Waals surface area contributed by atoms with Crippen molar-refractivity contribution in [3.05, 3.63) is 34.9 Å². The van der Waals surface area contributed by atoms with Gasteiger partial charge in [0.1, 0.15) is 0 Å². The summed E-state index contributed by atoms with van der Waals surface area (Å²) < 4.78 is 42.2. The van der Waals surface area contributed by atoms with Crippen molar-refractivity contribution >= 4 is 11.9 Å². The van der Waals surface area contributed by atoms with Crippen molar-refractivity contribution in [2.24, 2.45) is 0 Å². The van der Waals surface area contributed by atoms with Gasteiger partial charge in [-0.05, 0) is 29.2 Å². The summed E-state index contributed by atoms with van der Waals surface area (Å²) in [5, 5.41) is 0. The van der Waals surface area contributed by atoms with Gasteiger partial charge in [-0.1, -0.05) is 13.0 Å². The largest absolute Gasteiger partial charge is 0.471 e. The molecule has 0 saturated carbocycles. The van der Waals surface area contributed by atoms with Gasteiger partial charge in [0.05, 0.1) is 12.7 Å². The number of carbonyl (C=O) groups excluding carboxylic acids is 2. The molecule has 4 nitrogen and oxygen atoms in total. The number of carbonyl (C=O) groups is 2. The van der Waals surface area contributed by atoms with Crippen molar-refractivity contribution in [2.75, 3.05) is 13.7 Å². The minimum absolute atomic E-state index is 0.00289. The predicted molar refractivity (Wildman–Crippen MR) is 67.7 cm³/mol. The molecule has 1 unspecified atom stereocenters. The zero-order chi connectivity index (χ0) is 15.8. The summed E-state index contributed by atoms with van der Waals surface area (Å²) in [4.78, 5) is 23.6. The highest BCUT2D eigenvalue weighted by atomic mass is 19.4. The molecule has 1 aromatic carbocycles. The molecule has 1 aromatic rings. The lowest BCUT2D eigenvalue weighted by molar-refractivity contribution is -0.186. The first-order valence-corrected chi connectivity index (χ1v) is 6.31. The van der Waals surface area contributed by atoms with Crippen LogP contribution in [0, 0.1) is 0 Å². The highest BCUT2D eigenvalue weighted by Gasteiger charge is 2.44. The SMILES string of the molecule is COC(=O)c1ccc2c(c1)CN(C(=O)C(F)(F)F)CC2C. The first-order valence-electron chi connectivity index (χ1n) is 6.31. The molecule has 0 aliphatic carbocycles. The van der Waals surface area contributed by atoms with E-state index in [1.54, 1.807) is 19.1 Å². The molecule has 0 spiro atoms. The van der Waals surface area contributed by atoms with E-state index in [1.807, 2.05) is 0 Å². The predicted octanol–water partition coefficient (Wildman–Crippen LogP) is 2.48. The second kappa shape index (κ2) is 5.38. The number of fused-ring (bicyclic) bond motifs is 1. The topological polar surface area (TPSA) is 46.6 Å². The molecule has 1 aliphatic heterocycles. The third kappa shape index (κ3) is 3.01. The van der Waals surface area contributed by atoms with Crippen LogP contribution >= 0.6 is 0 Å². The summed E-state index contributed by atoms with van der Waals surface area (Å²) in [6.07, 6.45) is -4.89. The molecular weight excluding hydrogens is 287 g/mol. The standard InChI is InChI=1S/C14H14F3NO3/c1-8-6-18(13(20)14(15,16)17)7-10-5-9(12(19)21-2)3-4-11(8)10/h3-5,8H,6-7H2,1-2H3. The average Bonchev–Trinajstić information content (AvgIpc) is 2.43. The van der Waals surface area contributed by atoms with Gasteiger partial charge in [0, 0.05) is 13.1 Å². The lowest BCUT2D eigenvalue weighted by atomic mass is 9.89. The Hall–Kier alpha value is -2.05. The van der Waals surface area contributed by atoms with Crippen LogP contribution in [0.4, 0.5) is 13.2 Å². The summed E-state index contributed by atoms with van der Waals surface area (Å²) in [6.45, 7) is 1.58. The molecule has 7 heteroatoms. The molecular formula is C14H14F3NO3. The normalized spacial score (nSPS) is 18.1. The molecule has 0 bridgehead atoms. The first kappa shape index (κ1) is 15.3. The second-order valence-electron chi connectivity index (χ2n) is 4.99. The van der Waals surface area contributed by atoms with Crippen molar-refractivity contribution in [1.82, 2.24) is 4.90 Å². The fourth-order valence-electron chi connectivity index (χ4n) is 2.50. The molecule has 1 heterocycles. The molecule has 1 aliphatic rings. The van der Waals surface area contributed by atoms with E-state index >= 15 is 0 Å². The smallest absolute Gasteiger partial charge is 0.465 e. The minimum Gasteiger partial charge on any atom is -0.465 e. The van der Waals surface area contributed by atoms with Crippen LogP contribution in [-0.2, 0) is 16.1 Å². The van der Waals surface area contributed by atoms with Crippen molar-refractivity contribution < 1.29 is 27.5 Å². The number of rotatable bonds is 1. The fourth-order valence-corrected chi connectivity index (χ4v) is 2.50. The van der Waals surface area contributed by atoms with E-state index in [0.717, 1.165) is 10.5 Å². The average molecular weight is 301 g/mol. The Morgan fingerprint density at radius 3 is 2.57 bits per heavy atom. The number of methoxy groups -OCH3 is 1. The van der Waals surface area contributed by atoms with Gasteiger partial charge in [0.2, 0.25) is 0 Å². The van der Waals surface area contributed by atoms with Crippen molar-refractivity contribution in [3.8, 4) is 0 Å². The number of ether oxygens (including phenoxy) is 1. The molecule has 0 N–H and O–H groups in total. The number of benzene rings is 1. The lowest BCUT2D eigenvalue weighted by Gasteiger charge is -2.33. The summed E-state index contributed by atoms with van der Waals surface area (Å²) >= 11 is 0. The monoisotopic (exact) mass is 301 g/mol. The van der Waals surface area contributed by atoms with Gasteiger partial charge in [-0.3, -0.25) is 4.79 Å². The Morgan fingerprint density at radius 1 is 1.33 bits per heavy atom. The van der Waals surface area contributed by atoms with Gasteiger partial charge in [-0.25, -0.2) is 4.79 Å². The van der Waals surface area contributed by atoms with Crippen LogP contribution in [0.3, 0.4) is 0 Å². The van der Waals surface area contributed by atoms with Crippen LogP contribution in [0.25, 0.3) is 0 Å². The molecule has 0 saturated heterocycles. The van der Waals surface area contributed by atoms with E-state index in [4.69, 9.17) is 0 Å². The van der Waals surface area contributed by atoms with Crippen LogP contribution in [0.2, 0.25) is 0 Å². The van der Waals surface area contributed by atoms with Crippen LogP contribution in [0.5, 0.6) is 0 Å². The van der Waals surface area contributed by atoms with Crippen LogP contribution in [-0.4, -0.2) is 36.6 Å². The van der Waals surface area contributed by atoms with Crippen molar-refractivity contribution in [2.45, 2.75) is 25.6 Å². The van der Waals surface area contributed by atoms with Gasteiger partial charge in [-0.15, -0.1) is 0 Å². The Kier molecular flexibility index (Phi) is 3.93. The van der Waals surface area contributed by atoms with Gasteiger partial charge >= 0.3 is 18.1 Å². The van der Waals surface area contributed by atoms with Crippen molar-refractivity contribution in [3.63, 3.8) is 0 Å². The molecule has 0 aromatic heterocycles. The number of nitrogens with zero attached hydrogens (tertiary/aromatic N) is 1. The van der Waals surface area contributed by atoms with Crippen LogP contribution in [0.1, 0.15) is 34.3 Å². The van der Waals surface area contributed by atoms with E-state index < -0.39 is 18.1 Å². The molecule has 1 amide bonds. The molecule has 21 heavy (non-hydrogen) atoms. The second-order valence-corrected chi connectivity index (χ2v) is 4.99. The summed E-state index contributed by atoms with van der Waals surface area (Å²) in [5.41, 5.74) is 1.63. The fraction of sp³-hybridized carbons (Fsp3) is 0.429. The van der Waals surface area contributed by atoms with Gasteiger partial charge < -0.3 is 9.64 Å². The number of hydrogen-bond donors (Lipinski definition) is 0. The van der Waals surface area contributed by atoms with Gasteiger partial charge in [0.25, 0.3) is 0 Å². The number of amides is 1. The van der Waals surface area contributed by atoms with Crippen molar-refractivity contribution in [1.29, 1.82) is 0 Å². The number of halogens is 3. The van der Waals surface area contributed by atoms with E-state index in [-0.39, 0.29) is 24.6 Å². The Bertz CT molecular complexity index is 583. The third-order valence-electron chi connectivity index (χ3n) is 3.48. The maximum absolute atomic E-state index is 12.5. The van der Waals surface area contributed by atoms with Crippen LogP contribution in [0.15, 0.2) is 18.2 Å². The maximum atomic E-state index is 12.5. The lowest BCUT2D eigenvalue weighted by Crippen LogP contribution is -2.44. The molecule has 0 fully saturated rings. The van der Waals surface area contributed by atoms with E-state index in [1.165, 1.54) is 13.2 Å². The Morgan fingerprint density at radius 2 is 2.00 bits per heavy atom. The molecule has 2 rings (SSSR count). The Labute approximate surface area is 119 Å². The number of alkyl halides is 3. The summed E-state index contributed by atoms with van der Waals surface area (Å²) in [6, 6.07) is 4.75. The highest BCUT2D eigenvalue weighted by Crippen LogP contribution is 2.31. The number of hydrogen-bond acceptors (Lipinski definition) is 3. The summed E-state index contributed by atoms with van der Waals surface area (Å²) in [7, 11) is 1.23. The maximum Gasteiger partial charge on any atom is 0.471 e. The Balaban J connectivity index is 2.33. The van der Waals surface area contributed by atoms with Crippen LogP contribution < -0.4 is 0 Å². The first-order chi connectivity index (χ1) is 9.74.